The van der Waals surface area contributed by atoms with Crippen molar-refractivity contribution in [3.63, 3.8) is 0 Å². The topological polar surface area (TPSA) is 9.86 Å². The second-order valence-electron chi connectivity index (χ2n) is 11.4. The number of thiophene rings is 1. The summed E-state index contributed by atoms with van der Waals surface area (Å²) >= 11 is 0.619. The van der Waals surface area contributed by atoms with E-state index >= 15 is 0 Å². The molecule has 0 saturated heterocycles. The number of fused-ring (bicyclic) bond motifs is 9. The van der Waals surface area contributed by atoms with Crippen molar-refractivity contribution < 1.29 is 34.3 Å². The Morgan fingerprint density at radius 2 is 0.980 bits per heavy atom. The Balaban J connectivity index is 1.33. The molecule has 0 unspecified atom stereocenters. The summed E-state index contributed by atoms with van der Waals surface area (Å²) < 4.78 is 229. The zero-order chi connectivity index (χ0) is 55.2. The maximum absolute atomic E-state index is 9.96. The Morgan fingerprint density at radius 1 is 0.392 bits per heavy atom. The summed E-state index contributed by atoms with van der Waals surface area (Å²) in [5.74, 6) is 0. The van der Waals surface area contributed by atoms with Crippen molar-refractivity contribution in [1.29, 1.82) is 0 Å². The number of aromatic nitrogens is 2. The summed E-state index contributed by atoms with van der Waals surface area (Å²) in [6.45, 7) is 0. The van der Waals surface area contributed by atoms with Crippen LogP contribution in [0.2, 0.25) is 0 Å². The lowest BCUT2D eigenvalue weighted by molar-refractivity contribution is 1.18. The van der Waals surface area contributed by atoms with Gasteiger partial charge in [0.2, 0.25) is 0 Å². The Morgan fingerprint density at radius 3 is 1.71 bits per heavy atom. The van der Waals surface area contributed by atoms with E-state index in [-0.39, 0.29) is 42.0 Å². The van der Waals surface area contributed by atoms with Crippen LogP contribution >= 0.6 is 11.3 Å². The van der Waals surface area contributed by atoms with Gasteiger partial charge in [-0.3, -0.25) is 0 Å². The van der Waals surface area contributed by atoms with Crippen molar-refractivity contribution >= 4 is 75.1 Å². The highest BCUT2D eigenvalue weighted by molar-refractivity contribution is 7.26. The summed E-state index contributed by atoms with van der Waals surface area (Å²) in [6.07, 6.45) is 0. The highest BCUT2D eigenvalue weighted by Gasteiger charge is 2.19. The van der Waals surface area contributed by atoms with E-state index in [1.54, 1.807) is 30.3 Å². The van der Waals surface area contributed by atoms with E-state index in [0.29, 0.717) is 17.0 Å². The molecule has 0 aliphatic carbocycles. The molecule has 8 aromatic carbocycles. The molecule has 0 saturated carbocycles. The Bertz CT molecular complexity index is 4550. The van der Waals surface area contributed by atoms with E-state index in [9.17, 15) is 16.4 Å². The quantitative estimate of drug-likeness (QED) is 0.174. The fourth-order valence-corrected chi connectivity index (χ4v) is 7.45. The standard InChI is InChI=1S/C48H30N2S/c1-3-12-31(13-4-1)34-22-25-38-47(30-34)51-46-21-11-20-45(48(38)46)50-42-19-10-8-17-37(42)40-29-33(24-27-44(40)50)32-23-26-43-39(28-32)36-16-7-9-18-41(36)49(43)35-14-5-2-6-15-35/h1-30H/i1D,3D,4D,7D,8D,9D,10D,11D,12D,13D,16D,17D,18D,19D,20D,21D,22D,23D,24D,25D,26D,27D,28D,29D,30D. The molecule has 3 heteroatoms. The molecule has 0 fully saturated rings. The van der Waals surface area contributed by atoms with Gasteiger partial charge in [-0.05, 0) is 88.8 Å². The van der Waals surface area contributed by atoms with Crippen molar-refractivity contribution in [2.45, 2.75) is 0 Å². The highest BCUT2D eigenvalue weighted by Crippen LogP contribution is 2.43. The normalized spacial score (nSPS) is 18.8. The number of rotatable bonds is 4. The van der Waals surface area contributed by atoms with Crippen molar-refractivity contribution in [2.75, 3.05) is 0 Å². The molecule has 0 spiro atoms. The first kappa shape index (κ1) is 13.4. The van der Waals surface area contributed by atoms with Crippen LogP contribution < -0.4 is 0 Å². The monoisotopic (exact) mass is 691 g/mol. The first-order chi connectivity index (χ1) is 35.7. The van der Waals surface area contributed by atoms with Crippen LogP contribution in [0.25, 0.3) is 97.4 Å². The summed E-state index contributed by atoms with van der Waals surface area (Å²) in [4.78, 5) is 0. The third-order valence-corrected chi connectivity index (χ3v) is 9.63. The van der Waals surface area contributed by atoms with E-state index in [1.165, 1.54) is 4.57 Å². The number of benzene rings is 8. The smallest absolute Gasteiger partial charge is 0.0645 e. The second kappa shape index (κ2) is 11.0. The molecule has 0 N–H and O–H groups in total. The number of nitrogens with zero attached hydrogens (tertiary/aromatic N) is 2. The molecule has 0 radical (unpaired) electrons. The SMILES string of the molecule is [2H]c1c([2H])c([2H])c(-c2c([2H])c([2H])c3c(sc4c([2H])c([2H])c([2H])c(-n5c6c([2H])c([2H])c([2H])c([2H])c6c6c([2H])c(-c7c([2H])c([2H])c8c(c7[2H])c7c([2H])c([2H])c([2H])c([2H])c7n8-c7ccccc7)c([2H])c([2H])c65)c43)c2[2H])c([2H])c1[2H]. The minimum absolute atomic E-state index is 0.152. The van der Waals surface area contributed by atoms with Crippen LogP contribution in [-0.4, -0.2) is 9.13 Å². The van der Waals surface area contributed by atoms with Gasteiger partial charge in [0.25, 0.3) is 0 Å². The number of para-hydroxylation sites is 3. The van der Waals surface area contributed by atoms with Crippen molar-refractivity contribution in [3.8, 4) is 33.6 Å². The highest BCUT2D eigenvalue weighted by atomic mass is 32.1. The van der Waals surface area contributed by atoms with Gasteiger partial charge in [0.15, 0.2) is 0 Å². The number of hydrogen-bond donors (Lipinski definition) is 0. The van der Waals surface area contributed by atoms with Crippen LogP contribution in [0.1, 0.15) is 34.3 Å². The molecule has 2 nitrogen and oxygen atoms in total. The van der Waals surface area contributed by atoms with Crippen LogP contribution in [0.4, 0.5) is 0 Å². The molecule has 11 rings (SSSR count). The zero-order valence-electron chi connectivity index (χ0n) is 50.7. The molecule has 0 aliphatic rings. The molecular formula is C48H30N2S. The van der Waals surface area contributed by atoms with E-state index in [4.69, 9.17) is 17.8 Å². The van der Waals surface area contributed by atoms with Gasteiger partial charge in [0, 0.05) is 47.4 Å². The maximum Gasteiger partial charge on any atom is 0.0645 e. The zero-order valence-corrected chi connectivity index (χ0v) is 26.5. The lowest BCUT2D eigenvalue weighted by Crippen LogP contribution is -1.94. The maximum atomic E-state index is 9.96. The van der Waals surface area contributed by atoms with Crippen LogP contribution in [0, 0.1) is 0 Å². The molecule has 0 amide bonds. The van der Waals surface area contributed by atoms with E-state index in [2.05, 4.69) is 0 Å². The molecule has 11 aromatic rings. The van der Waals surface area contributed by atoms with Gasteiger partial charge in [-0.2, -0.15) is 0 Å². The third-order valence-electron chi connectivity index (χ3n) is 8.61. The van der Waals surface area contributed by atoms with Gasteiger partial charge < -0.3 is 9.13 Å². The molecule has 3 heterocycles. The lowest BCUT2D eigenvalue weighted by atomic mass is 10.0. The van der Waals surface area contributed by atoms with Gasteiger partial charge in [0.05, 0.1) is 62.0 Å². The Kier molecular flexibility index (Phi) is 2.90. The molecule has 0 atom stereocenters. The van der Waals surface area contributed by atoms with Crippen LogP contribution in [-0.2, 0) is 0 Å². The lowest BCUT2D eigenvalue weighted by Gasteiger charge is -2.11. The first-order valence-corrected chi connectivity index (χ1v) is 16.2. The van der Waals surface area contributed by atoms with E-state index < -0.39 is 201 Å². The fourth-order valence-electron chi connectivity index (χ4n) is 6.44. The first-order valence-electron chi connectivity index (χ1n) is 27.9. The average molecular weight is 692 g/mol. The van der Waals surface area contributed by atoms with Crippen molar-refractivity contribution in [3.05, 3.63) is 181 Å². The third kappa shape index (κ3) is 4.29. The Hall–Kier alpha value is -6.42. The van der Waals surface area contributed by atoms with Crippen LogP contribution in [0.3, 0.4) is 0 Å². The van der Waals surface area contributed by atoms with Gasteiger partial charge in [0.1, 0.15) is 0 Å². The molecule has 3 aromatic heterocycles. The van der Waals surface area contributed by atoms with E-state index in [0.717, 1.165) is 4.57 Å². The Labute approximate surface area is 333 Å². The predicted octanol–water partition coefficient (Wildman–Crippen LogP) is 13.6. The fraction of sp³-hybridized carbons (Fsp3) is 0. The molecular weight excluding hydrogens is 637 g/mol. The summed E-state index contributed by atoms with van der Waals surface area (Å²) in [5, 5.41) is -2.16. The predicted molar refractivity (Wildman–Crippen MR) is 219 cm³/mol. The molecule has 51 heavy (non-hydrogen) atoms. The second-order valence-corrected chi connectivity index (χ2v) is 12.4. The van der Waals surface area contributed by atoms with Crippen molar-refractivity contribution in [1.82, 2.24) is 9.13 Å². The number of hydrogen-bond acceptors (Lipinski definition) is 1. The summed E-state index contributed by atoms with van der Waals surface area (Å²) in [5.41, 5.74) is -4.10. The van der Waals surface area contributed by atoms with E-state index in [1.807, 2.05) is 0 Å². The van der Waals surface area contributed by atoms with Gasteiger partial charge in [-0.25, -0.2) is 0 Å². The molecule has 238 valence electrons. The summed E-state index contributed by atoms with van der Waals surface area (Å²) in [6, 6.07) is -10.8. The van der Waals surface area contributed by atoms with Crippen molar-refractivity contribution in [2.24, 2.45) is 0 Å². The van der Waals surface area contributed by atoms with Crippen LogP contribution in [0.5, 0.6) is 0 Å². The molecule has 0 bridgehead atoms. The minimum Gasteiger partial charge on any atom is -0.309 e. The minimum atomic E-state index is -0.918. The van der Waals surface area contributed by atoms with Gasteiger partial charge >= 0.3 is 0 Å². The summed E-state index contributed by atoms with van der Waals surface area (Å²) in [7, 11) is 0. The molecule has 0 aliphatic heterocycles. The van der Waals surface area contributed by atoms with Gasteiger partial charge in [-0.1, -0.05) is 115 Å². The average Bonchev–Trinajstić information content (AvgIpc) is 4.26. The van der Waals surface area contributed by atoms with Crippen LogP contribution in [0.15, 0.2) is 181 Å². The van der Waals surface area contributed by atoms with Gasteiger partial charge in [-0.15, -0.1) is 11.3 Å². The largest absolute Gasteiger partial charge is 0.309 e.